The second-order valence-corrected chi connectivity index (χ2v) is 4.40. The van der Waals surface area contributed by atoms with Gasteiger partial charge in [-0.1, -0.05) is 6.08 Å². The Bertz CT molecular complexity index is 405. The molecular formula is C12H15NO. The fourth-order valence-corrected chi connectivity index (χ4v) is 1.98. The average Bonchev–Trinajstić information content (AvgIpc) is 2.00. The Morgan fingerprint density at radius 2 is 2.00 bits per heavy atom. The van der Waals surface area contributed by atoms with Crippen LogP contribution in [0.1, 0.15) is 26.3 Å². The number of hydrogen-bond acceptors (Lipinski definition) is 2. The van der Waals surface area contributed by atoms with Gasteiger partial charge >= 0.3 is 0 Å². The molecule has 0 saturated heterocycles. The van der Waals surface area contributed by atoms with E-state index in [1.807, 2.05) is 6.07 Å². The number of hydrogen-bond donors (Lipinski definition) is 2. The Kier molecular flexibility index (Phi) is 1.81. The van der Waals surface area contributed by atoms with Gasteiger partial charge in [-0.15, -0.1) is 0 Å². The molecule has 0 spiro atoms. The number of fused-ring (bicyclic) bond motifs is 1. The van der Waals surface area contributed by atoms with Gasteiger partial charge in [0.2, 0.25) is 0 Å². The SMILES string of the molecule is CC1=CC(C)(C)Nc2cc(O)ccc21. The fourth-order valence-electron chi connectivity index (χ4n) is 1.98. The number of anilines is 1. The van der Waals surface area contributed by atoms with Crippen LogP contribution in [0.3, 0.4) is 0 Å². The highest BCUT2D eigenvalue weighted by molar-refractivity contribution is 5.80. The second-order valence-electron chi connectivity index (χ2n) is 4.40. The lowest BCUT2D eigenvalue weighted by Gasteiger charge is -2.31. The normalized spacial score (nSPS) is 18.1. The topological polar surface area (TPSA) is 32.3 Å². The molecule has 2 heteroatoms. The number of rotatable bonds is 0. The van der Waals surface area contributed by atoms with Crippen LogP contribution in [0, 0.1) is 0 Å². The molecule has 0 amide bonds. The maximum absolute atomic E-state index is 9.39. The minimum Gasteiger partial charge on any atom is -0.508 e. The minimum atomic E-state index is -0.0368. The van der Waals surface area contributed by atoms with E-state index in [0.717, 1.165) is 5.69 Å². The number of aromatic hydroxyl groups is 1. The van der Waals surface area contributed by atoms with Crippen LogP contribution in [-0.4, -0.2) is 10.6 Å². The van der Waals surface area contributed by atoms with E-state index in [9.17, 15) is 5.11 Å². The molecule has 0 aromatic heterocycles. The molecule has 1 heterocycles. The van der Waals surface area contributed by atoms with Crippen molar-refractivity contribution in [2.24, 2.45) is 0 Å². The predicted octanol–water partition coefficient (Wildman–Crippen LogP) is 3.00. The van der Waals surface area contributed by atoms with Crippen molar-refractivity contribution >= 4 is 11.3 Å². The molecular weight excluding hydrogens is 174 g/mol. The Morgan fingerprint density at radius 1 is 1.29 bits per heavy atom. The molecule has 0 saturated carbocycles. The molecule has 0 fully saturated rings. The third-order valence-electron chi connectivity index (χ3n) is 2.46. The van der Waals surface area contributed by atoms with Gasteiger partial charge in [-0.25, -0.2) is 0 Å². The van der Waals surface area contributed by atoms with Crippen molar-refractivity contribution in [3.8, 4) is 5.75 Å². The largest absolute Gasteiger partial charge is 0.508 e. The lowest BCUT2D eigenvalue weighted by Crippen LogP contribution is -2.31. The van der Waals surface area contributed by atoms with Crippen LogP contribution in [-0.2, 0) is 0 Å². The lowest BCUT2D eigenvalue weighted by molar-refractivity contribution is 0.475. The summed E-state index contributed by atoms with van der Waals surface area (Å²) in [5.41, 5.74) is 3.39. The summed E-state index contributed by atoms with van der Waals surface area (Å²) >= 11 is 0. The summed E-state index contributed by atoms with van der Waals surface area (Å²) in [7, 11) is 0. The van der Waals surface area contributed by atoms with Crippen molar-refractivity contribution in [2.45, 2.75) is 26.3 Å². The van der Waals surface area contributed by atoms with E-state index in [-0.39, 0.29) is 5.54 Å². The highest BCUT2D eigenvalue weighted by Gasteiger charge is 2.22. The molecule has 0 radical (unpaired) electrons. The standard InChI is InChI=1S/C12H15NO/c1-8-7-12(2,3)13-11-6-9(14)4-5-10(8)11/h4-7,13-14H,1-3H3. The van der Waals surface area contributed by atoms with Gasteiger partial charge in [-0.05, 0) is 38.5 Å². The van der Waals surface area contributed by atoms with Crippen molar-refractivity contribution < 1.29 is 5.11 Å². The van der Waals surface area contributed by atoms with Gasteiger partial charge in [-0.2, -0.15) is 0 Å². The van der Waals surface area contributed by atoms with Crippen molar-refractivity contribution in [2.75, 3.05) is 5.32 Å². The van der Waals surface area contributed by atoms with Crippen LogP contribution in [0.25, 0.3) is 5.57 Å². The van der Waals surface area contributed by atoms with Crippen molar-refractivity contribution in [3.05, 3.63) is 29.8 Å². The van der Waals surface area contributed by atoms with E-state index in [0.29, 0.717) is 5.75 Å². The maximum atomic E-state index is 9.39. The van der Waals surface area contributed by atoms with Gasteiger partial charge in [0.25, 0.3) is 0 Å². The Morgan fingerprint density at radius 3 is 2.71 bits per heavy atom. The zero-order valence-corrected chi connectivity index (χ0v) is 8.76. The highest BCUT2D eigenvalue weighted by atomic mass is 16.3. The quantitative estimate of drug-likeness (QED) is 0.657. The van der Waals surface area contributed by atoms with Crippen molar-refractivity contribution in [3.63, 3.8) is 0 Å². The first-order chi connectivity index (χ1) is 6.48. The summed E-state index contributed by atoms with van der Waals surface area (Å²) in [6.45, 7) is 6.32. The summed E-state index contributed by atoms with van der Waals surface area (Å²) in [4.78, 5) is 0. The number of nitrogens with one attached hydrogen (secondary N) is 1. The van der Waals surface area contributed by atoms with Gasteiger partial charge in [0.15, 0.2) is 0 Å². The first kappa shape index (κ1) is 9.13. The van der Waals surface area contributed by atoms with Gasteiger partial charge < -0.3 is 10.4 Å². The Hall–Kier alpha value is -1.44. The molecule has 2 nitrogen and oxygen atoms in total. The molecule has 2 rings (SSSR count). The zero-order chi connectivity index (χ0) is 10.3. The number of benzene rings is 1. The molecule has 0 bridgehead atoms. The zero-order valence-electron chi connectivity index (χ0n) is 8.76. The molecule has 1 aliphatic rings. The fraction of sp³-hybridized carbons (Fsp3) is 0.333. The van der Waals surface area contributed by atoms with E-state index in [2.05, 4.69) is 32.2 Å². The van der Waals surface area contributed by atoms with E-state index < -0.39 is 0 Å². The third kappa shape index (κ3) is 1.48. The van der Waals surface area contributed by atoms with Crippen molar-refractivity contribution in [1.82, 2.24) is 0 Å². The molecule has 74 valence electrons. The van der Waals surface area contributed by atoms with E-state index >= 15 is 0 Å². The van der Waals surface area contributed by atoms with Gasteiger partial charge in [-0.3, -0.25) is 0 Å². The molecule has 0 aliphatic carbocycles. The molecule has 0 atom stereocenters. The Balaban J connectivity index is 2.56. The Labute approximate surface area is 84.3 Å². The second kappa shape index (κ2) is 2.77. The average molecular weight is 189 g/mol. The van der Waals surface area contributed by atoms with E-state index in [1.54, 1.807) is 12.1 Å². The van der Waals surface area contributed by atoms with Crippen LogP contribution in [0.4, 0.5) is 5.69 Å². The summed E-state index contributed by atoms with van der Waals surface area (Å²) < 4.78 is 0. The summed E-state index contributed by atoms with van der Waals surface area (Å²) in [5, 5.41) is 12.8. The predicted molar refractivity (Wildman–Crippen MR) is 59.5 cm³/mol. The van der Waals surface area contributed by atoms with Gasteiger partial charge in [0, 0.05) is 17.3 Å². The molecule has 1 aromatic carbocycles. The monoisotopic (exact) mass is 189 g/mol. The molecule has 1 aromatic rings. The van der Waals surface area contributed by atoms with Gasteiger partial charge in [0.05, 0.1) is 5.54 Å². The smallest absolute Gasteiger partial charge is 0.117 e. The van der Waals surface area contributed by atoms with Crippen LogP contribution < -0.4 is 5.32 Å². The van der Waals surface area contributed by atoms with E-state index in [1.165, 1.54) is 11.1 Å². The highest BCUT2D eigenvalue weighted by Crippen LogP contribution is 2.35. The summed E-state index contributed by atoms with van der Waals surface area (Å²) in [6, 6.07) is 5.43. The van der Waals surface area contributed by atoms with Crippen molar-refractivity contribution in [1.29, 1.82) is 0 Å². The molecule has 14 heavy (non-hydrogen) atoms. The molecule has 0 unspecified atom stereocenters. The lowest BCUT2D eigenvalue weighted by atomic mass is 9.91. The summed E-state index contributed by atoms with van der Waals surface area (Å²) in [5.74, 6) is 0.307. The number of phenolic OH excluding ortho intramolecular Hbond substituents is 1. The molecule has 2 N–H and O–H groups in total. The van der Waals surface area contributed by atoms with E-state index in [4.69, 9.17) is 0 Å². The summed E-state index contributed by atoms with van der Waals surface area (Å²) in [6.07, 6.45) is 2.20. The third-order valence-corrected chi connectivity index (χ3v) is 2.46. The number of phenols is 1. The maximum Gasteiger partial charge on any atom is 0.117 e. The minimum absolute atomic E-state index is 0.0368. The van der Waals surface area contributed by atoms with Gasteiger partial charge in [0.1, 0.15) is 5.75 Å². The van der Waals surface area contributed by atoms with Crippen LogP contribution >= 0.6 is 0 Å². The molecule has 1 aliphatic heterocycles. The first-order valence-corrected chi connectivity index (χ1v) is 4.79. The van der Waals surface area contributed by atoms with Crippen LogP contribution in [0.15, 0.2) is 24.3 Å². The number of allylic oxidation sites excluding steroid dienone is 1. The van der Waals surface area contributed by atoms with Crippen LogP contribution in [0.5, 0.6) is 5.75 Å². The first-order valence-electron chi connectivity index (χ1n) is 4.79. The van der Waals surface area contributed by atoms with Crippen LogP contribution in [0.2, 0.25) is 0 Å².